The highest BCUT2D eigenvalue weighted by Crippen LogP contribution is 2.21. The molecular formula is C21H30FN7O. The van der Waals surface area contributed by atoms with E-state index in [2.05, 4.69) is 37.3 Å². The van der Waals surface area contributed by atoms with E-state index in [1.165, 1.54) is 12.1 Å². The third-order valence-corrected chi connectivity index (χ3v) is 5.18. The number of rotatable bonds is 8. The lowest BCUT2D eigenvalue weighted by Crippen LogP contribution is -2.46. The molecule has 1 aromatic heterocycles. The quantitative estimate of drug-likeness (QED) is 0.387. The summed E-state index contributed by atoms with van der Waals surface area (Å²) in [6.07, 6.45) is 1.78. The summed E-state index contributed by atoms with van der Waals surface area (Å²) in [5, 5.41) is 14.9. The highest BCUT2D eigenvalue weighted by molar-refractivity contribution is 5.79. The second kappa shape index (κ2) is 10.8. The lowest BCUT2D eigenvalue weighted by Gasteiger charge is -2.35. The van der Waals surface area contributed by atoms with Gasteiger partial charge in [0.05, 0.1) is 19.3 Å². The van der Waals surface area contributed by atoms with Crippen molar-refractivity contribution in [3.63, 3.8) is 0 Å². The highest BCUT2D eigenvalue weighted by atomic mass is 19.1. The Bertz CT molecular complexity index is 844. The minimum Gasteiger partial charge on any atom is -0.379 e. The lowest BCUT2D eigenvalue weighted by atomic mass is 10.0. The van der Waals surface area contributed by atoms with Gasteiger partial charge in [0.25, 0.3) is 0 Å². The van der Waals surface area contributed by atoms with E-state index in [9.17, 15) is 4.39 Å². The molecule has 9 heteroatoms. The summed E-state index contributed by atoms with van der Waals surface area (Å²) >= 11 is 0. The third kappa shape index (κ3) is 5.87. The normalized spacial score (nSPS) is 16.3. The van der Waals surface area contributed by atoms with Crippen molar-refractivity contribution < 1.29 is 9.13 Å². The van der Waals surface area contributed by atoms with Gasteiger partial charge in [-0.3, -0.25) is 4.90 Å². The van der Waals surface area contributed by atoms with Gasteiger partial charge in [0.1, 0.15) is 18.2 Å². The lowest BCUT2D eigenvalue weighted by molar-refractivity contribution is 0.0170. The molecule has 0 spiro atoms. The van der Waals surface area contributed by atoms with Gasteiger partial charge < -0.3 is 19.9 Å². The molecule has 30 heavy (non-hydrogen) atoms. The summed E-state index contributed by atoms with van der Waals surface area (Å²) in [7, 11) is 1.92. The molecule has 8 nitrogen and oxygen atoms in total. The van der Waals surface area contributed by atoms with Crippen molar-refractivity contribution in [2.75, 3.05) is 39.4 Å². The number of nitrogens with zero attached hydrogens (tertiary/aromatic N) is 5. The van der Waals surface area contributed by atoms with Gasteiger partial charge in [0, 0.05) is 33.2 Å². The Balaban J connectivity index is 1.73. The van der Waals surface area contributed by atoms with Crippen LogP contribution in [0.3, 0.4) is 0 Å². The third-order valence-electron chi connectivity index (χ3n) is 5.18. The molecule has 1 fully saturated rings. The summed E-state index contributed by atoms with van der Waals surface area (Å²) < 4.78 is 20.9. The molecule has 0 aliphatic carbocycles. The summed E-state index contributed by atoms with van der Waals surface area (Å²) in [4.78, 5) is 7.00. The van der Waals surface area contributed by atoms with Gasteiger partial charge in [-0.25, -0.2) is 9.38 Å². The van der Waals surface area contributed by atoms with Crippen LogP contribution in [-0.2, 0) is 18.3 Å². The first-order valence-electron chi connectivity index (χ1n) is 10.1. The second-order valence-corrected chi connectivity index (χ2v) is 7.15. The van der Waals surface area contributed by atoms with E-state index in [1.54, 1.807) is 6.08 Å². The van der Waals surface area contributed by atoms with Crippen molar-refractivity contribution in [1.82, 2.24) is 30.3 Å². The fourth-order valence-corrected chi connectivity index (χ4v) is 3.31. The molecule has 0 radical (unpaired) electrons. The average molecular weight is 416 g/mol. The Labute approximate surface area is 176 Å². The maximum atomic E-state index is 13.4. The van der Waals surface area contributed by atoms with Gasteiger partial charge in [0.2, 0.25) is 0 Å². The molecule has 0 amide bonds. The number of hydrogen-bond acceptors (Lipinski definition) is 5. The number of morpholine rings is 1. The molecule has 2 aromatic rings. The van der Waals surface area contributed by atoms with Gasteiger partial charge in [0.15, 0.2) is 11.8 Å². The maximum absolute atomic E-state index is 13.4. The molecule has 1 aromatic carbocycles. The van der Waals surface area contributed by atoms with E-state index in [1.807, 2.05) is 30.7 Å². The first-order chi connectivity index (χ1) is 14.6. The first-order valence-corrected chi connectivity index (χ1v) is 10.1. The van der Waals surface area contributed by atoms with Gasteiger partial charge in [-0.05, 0) is 24.6 Å². The van der Waals surface area contributed by atoms with Crippen molar-refractivity contribution in [1.29, 1.82) is 0 Å². The Kier molecular flexibility index (Phi) is 7.92. The average Bonchev–Trinajstić information content (AvgIpc) is 3.09. The van der Waals surface area contributed by atoms with Gasteiger partial charge in [-0.15, -0.1) is 16.8 Å². The molecule has 3 rings (SSSR count). The van der Waals surface area contributed by atoms with E-state index < -0.39 is 0 Å². The van der Waals surface area contributed by atoms with Crippen LogP contribution in [0.15, 0.2) is 41.9 Å². The second-order valence-electron chi connectivity index (χ2n) is 7.15. The van der Waals surface area contributed by atoms with E-state index in [0.717, 1.165) is 30.3 Å². The fourth-order valence-electron chi connectivity index (χ4n) is 3.31. The molecule has 2 N–H and O–H groups in total. The Morgan fingerprint density at radius 3 is 2.63 bits per heavy atom. The SMILES string of the molecule is C=CCNC(=NCc1nnc(C)n1C)NCC(c1ccc(F)cc1)N1CCOCC1. The van der Waals surface area contributed by atoms with Crippen molar-refractivity contribution in [3.8, 4) is 0 Å². The smallest absolute Gasteiger partial charge is 0.192 e. The minimum absolute atomic E-state index is 0.0716. The molecule has 0 saturated carbocycles. The highest BCUT2D eigenvalue weighted by Gasteiger charge is 2.23. The summed E-state index contributed by atoms with van der Waals surface area (Å²) in [6, 6.07) is 6.76. The maximum Gasteiger partial charge on any atom is 0.192 e. The van der Waals surface area contributed by atoms with Crippen molar-refractivity contribution >= 4 is 5.96 Å². The number of aliphatic imine (C=N–C) groups is 1. The topological polar surface area (TPSA) is 79.6 Å². The van der Waals surface area contributed by atoms with Crippen LogP contribution in [-0.4, -0.2) is 65.0 Å². The van der Waals surface area contributed by atoms with E-state index in [-0.39, 0.29) is 11.9 Å². The fraction of sp³-hybridized carbons (Fsp3) is 0.476. The minimum atomic E-state index is -0.235. The molecule has 1 aliphatic rings. The molecule has 1 unspecified atom stereocenters. The summed E-state index contributed by atoms with van der Waals surface area (Å²) in [6.45, 7) is 10.3. The van der Waals surface area contributed by atoms with Crippen molar-refractivity contribution in [2.45, 2.75) is 19.5 Å². The number of guanidine groups is 1. The molecular weight excluding hydrogens is 385 g/mol. The number of halogens is 1. The van der Waals surface area contributed by atoms with Crippen LogP contribution in [0.25, 0.3) is 0 Å². The number of aromatic nitrogens is 3. The number of hydrogen-bond donors (Lipinski definition) is 2. The molecule has 0 bridgehead atoms. The first kappa shape index (κ1) is 21.9. The van der Waals surface area contributed by atoms with Crippen LogP contribution in [0.4, 0.5) is 4.39 Å². The van der Waals surface area contributed by atoms with Crippen LogP contribution in [0.5, 0.6) is 0 Å². The number of aryl methyl sites for hydroxylation is 1. The molecule has 2 heterocycles. The van der Waals surface area contributed by atoms with Crippen LogP contribution in [0, 0.1) is 12.7 Å². The zero-order valence-corrected chi connectivity index (χ0v) is 17.6. The van der Waals surface area contributed by atoms with E-state index in [0.29, 0.717) is 38.8 Å². The number of nitrogens with one attached hydrogen (secondary N) is 2. The monoisotopic (exact) mass is 415 g/mol. The van der Waals surface area contributed by atoms with Crippen LogP contribution < -0.4 is 10.6 Å². The number of ether oxygens (including phenoxy) is 1. The van der Waals surface area contributed by atoms with E-state index in [4.69, 9.17) is 4.74 Å². The Hall–Kier alpha value is -2.78. The van der Waals surface area contributed by atoms with Crippen LogP contribution in [0.2, 0.25) is 0 Å². The summed E-state index contributed by atoms with van der Waals surface area (Å²) in [5.41, 5.74) is 1.05. The Morgan fingerprint density at radius 2 is 2.00 bits per heavy atom. The molecule has 1 atom stereocenters. The van der Waals surface area contributed by atoms with Crippen molar-refractivity contribution in [2.24, 2.45) is 12.0 Å². The predicted octanol–water partition coefficient (Wildman–Crippen LogP) is 1.56. The predicted molar refractivity (Wildman–Crippen MR) is 115 cm³/mol. The largest absolute Gasteiger partial charge is 0.379 e. The van der Waals surface area contributed by atoms with Gasteiger partial charge >= 0.3 is 0 Å². The van der Waals surface area contributed by atoms with Gasteiger partial charge in [-0.1, -0.05) is 18.2 Å². The Morgan fingerprint density at radius 1 is 1.27 bits per heavy atom. The zero-order chi connectivity index (χ0) is 21.3. The zero-order valence-electron chi connectivity index (χ0n) is 17.6. The number of benzene rings is 1. The van der Waals surface area contributed by atoms with E-state index >= 15 is 0 Å². The van der Waals surface area contributed by atoms with Crippen molar-refractivity contribution in [3.05, 3.63) is 59.9 Å². The summed E-state index contributed by atoms with van der Waals surface area (Å²) in [5.74, 6) is 2.06. The standard InChI is InChI=1S/C21H30FN7O/c1-4-9-23-21(25-15-20-27-26-16(2)28(20)3)24-14-19(29-10-12-30-13-11-29)17-5-7-18(22)8-6-17/h4-8,19H,1,9-15H2,2-3H3,(H2,23,24,25). The molecule has 1 aliphatic heterocycles. The van der Waals surface area contributed by atoms with Gasteiger partial charge in [-0.2, -0.15) is 0 Å². The van der Waals surface area contributed by atoms with Crippen LogP contribution >= 0.6 is 0 Å². The molecule has 1 saturated heterocycles. The molecule has 162 valence electrons. The van der Waals surface area contributed by atoms with Crippen LogP contribution in [0.1, 0.15) is 23.3 Å².